The van der Waals surface area contributed by atoms with Crippen LogP contribution in [0.3, 0.4) is 0 Å². The van der Waals surface area contributed by atoms with Crippen LogP contribution in [0.1, 0.15) is 29.9 Å². The van der Waals surface area contributed by atoms with Crippen LogP contribution in [0.2, 0.25) is 0 Å². The summed E-state index contributed by atoms with van der Waals surface area (Å²) in [6.45, 7) is 4.97. The number of nitrogens with one attached hydrogen (secondary N) is 1. The van der Waals surface area contributed by atoms with E-state index in [1.54, 1.807) is 0 Å². The van der Waals surface area contributed by atoms with Crippen molar-refractivity contribution in [2.24, 2.45) is 0 Å². The molecular weight excluding hydrogens is 258 g/mol. The van der Waals surface area contributed by atoms with Gasteiger partial charge in [0.1, 0.15) is 5.82 Å². The summed E-state index contributed by atoms with van der Waals surface area (Å²) in [5.41, 5.74) is 2.30. The third-order valence-electron chi connectivity index (χ3n) is 3.60. The molecule has 3 aromatic rings. The van der Waals surface area contributed by atoms with Gasteiger partial charge in [0.05, 0.1) is 6.04 Å². The van der Waals surface area contributed by atoms with E-state index in [0.717, 1.165) is 17.9 Å². The lowest BCUT2D eigenvalue weighted by molar-refractivity contribution is 0.600. The molecule has 3 nitrogen and oxygen atoms in total. The van der Waals surface area contributed by atoms with Gasteiger partial charge in [0.2, 0.25) is 0 Å². The van der Waals surface area contributed by atoms with Crippen LogP contribution >= 0.6 is 0 Å². The van der Waals surface area contributed by atoms with Gasteiger partial charge in [-0.2, -0.15) is 0 Å². The van der Waals surface area contributed by atoms with Crippen molar-refractivity contribution in [3.05, 3.63) is 71.8 Å². The smallest absolute Gasteiger partial charge is 0.149 e. The summed E-state index contributed by atoms with van der Waals surface area (Å²) in [5.74, 6) is 0.818. The zero-order chi connectivity index (χ0) is 14.7. The number of aryl methyl sites for hydroxylation is 1. The zero-order valence-electron chi connectivity index (χ0n) is 12.4. The largest absolute Gasteiger partial charge is 0.304 e. The first kappa shape index (κ1) is 13.7. The number of aromatic nitrogens is 2. The molecule has 0 radical (unpaired) electrons. The molecule has 1 unspecified atom stereocenters. The number of benzene rings is 2. The van der Waals surface area contributed by atoms with Gasteiger partial charge in [0.25, 0.3) is 0 Å². The average Bonchev–Trinajstić information content (AvgIpc) is 2.53. The molecule has 1 N–H and O–H groups in total. The topological polar surface area (TPSA) is 37.8 Å². The zero-order valence-corrected chi connectivity index (χ0v) is 12.4. The van der Waals surface area contributed by atoms with E-state index in [2.05, 4.69) is 64.7 Å². The van der Waals surface area contributed by atoms with Crippen molar-refractivity contribution in [2.75, 3.05) is 6.54 Å². The van der Waals surface area contributed by atoms with Gasteiger partial charge < -0.3 is 5.32 Å². The number of rotatable bonds is 4. The average molecular weight is 277 g/mol. The number of hydrogen-bond donors (Lipinski definition) is 1. The number of fused-ring (bicyclic) bond motifs is 1. The summed E-state index contributed by atoms with van der Waals surface area (Å²) in [6.07, 6.45) is 3.75. The van der Waals surface area contributed by atoms with Crippen LogP contribution in [0, 0.1) is 6.92 Å². The van der Waals surface area contributed by atoms with Crippen molar-refractivity contribution >= 4 is 10.8 Å². The van der Waals surface area contributed by atoms with Gasteiger partial charge in [0, 0.05) is 12.4 Å². The molecule has 1 aromatic heterocycles. The minimum atomic E-state index is 0.0155. The molecule has 2 aromatic carbocycles. The predicted octanol–water partition coefficient (Wildman–Crippen LogP) is 3.64. The maximum Gasteiger partial charge on any atom is 0.149 e. The quantitative estimate of drug-likeness (QED) is 0.791. The summed E-state index contributed by atoms with van der Waals surface area (Å²) in [7, 11) is 0. The molecule has 0 fully saturated rings. The Labute approximate surface area is 125 Å². The molecule has 3 rings (SSSR count). The highest BCUT2D eigenvalue weighted by Gasteiger charge is 2.17. The standard InChI is InChI=1S/C18H19N3/c1-3-19-17(18-20-11-13(2)12-21-18)16-10-6-8-14-7-4-5-9-15(14)16/h4-12,17,19H,3H2,1-2H3. The fourth-order valence-electron chi connectivity index (χ4n) is 2.60. The van der Waals surface area contributed by atoms with Crippen molar-refractivity contribution in [1.82, 2.24) is 15.3 Å². The first-order chi connectivity index (χ1) is 10.3. The molecule has 0 spiro atoms. The molecule has 0 saturated carbocycles. The summed E-state index contributed by atoms with van der Waals surface area (Å²) >= 11 is 0. The monoisotopic (exact) mass is 277 g/mol. The first-order valence-corrected chi connectivity index (χ1v) is 7.29. The van der Waals surface area contributed by atoms with Crippen LogP contribution in [-0.4, -0.2) is 16.5 Å². The number of hydrogen-bond acceptors (Lipinski definition) is 3. The summed E-state index contributed by atoms with van der Waals surface area (Å²) < 4.78 is 0. The molecule has 1 heterocycles. The van der Waals surface area contributed by atoms with E-state index < -0.39 is 0 Å². The molecule has 0 amide bonds. The van der Waals surface area contributed by atoms with Crippen LogP contribution in [0.5, 0.6) is 0 Å². The van der Waals surface area contributed by atoms with Gasteiger partial charge in [0.15, 0.2) is 0 Å². The fraction of sp³-hybridized carbons (Fsp3) is 0.222. The van der Waals surface area contributed by atoms with Gasteiger partial charge in [-0.05, 0) is 35.4 Å². The second-order valence-electron chi connectivity index (χ2n) is 5.18. The molecule has 3 heteroatoms. The molecule has 0 bridgehead atoms. The van der Waals surface area contributed by atoms with Crippen LogP contribution in [-0.2, 0) is 0 Å². The lowest BCUT2D eigenvalue weighted by Gasteiger charge is -2.19. The maximum absolute atomic E-state index is 4.51. The highest BCUT2D eigenvalue weighted by molar-refractivity contribution is 5.86. The van der Waals surface area contributed by atoms with Crippen molar-refractivity contribution in [3.8, 4) is 0 Å². The van der Waals surface area contributed by atoms with Gasteiger partial charge in [-0.25, -0.2) is 9.97 Å². The lowest BCUT2D eigenvalue weighted by Crippen LogP contribution is -2.24. The Bertz CT molecular complexity index is 730. The molecule has 0 aliphatic heterocycles. The summed E-state index contributed by atoms with van der Waals surface area (Å²) in [4.78, 5) is 9.01. The predicted molar refractivity (Wildman–Crippen MR) is 86.2 cm³/mol. The molecule has 0 aliphatic carbocycles. The molecule has 0 aliphatic rings. The second kappa shape index (κ2) is 6.02. The Morgan fingerprint density at radius 2 is 1.71 bits per heavy atom. The minimum absolute atomic E-state index is 0.0155. The van der Waals surface area contributed by atoms with Crippen molar-refractivity contribution in [1.29, 1.82) is 0 Å². The van der Waals surface area contributed by atoms with E-state index in [-0.39, 0.29) is 6.04 Å². The first-order valence-electron chi connectivity index (χ1n) is 7.29. The normalized spacial score (nSPS) is 12.5. The third kappa shape index (κ3) is 2.78. The minimum Gasteiger partial charge on any atom is -0.304 e. The van der Waals surface area contributed by atoms with Gasteiger partial charge in [-0.15, -0.1) is 0 Å². The maximum atomic E-state index is 4.51. The third-order valence-corrected chi connectivity index (χ3v) is 3.60. The summed E-state index contributed by atoms with van der Waals surface area (Å²) in [5, 5.41) is 5.99. The van der Waals surface area contributed by atoms with E-state index in [0.29, 0.717) is 0 Å². The van der Waals surface area contributed by atoms with E-state index >= 15 is 0 Å². The van der Waals surface area contributed by atoms with Crippen LogP contribution in [0.25, 0.3) is 10.8 Å². The SMILES string of the molecule is CCNC(c1ncc(C)cn1)c1cccc2ccccc12. The van der Waals surface area contributed by atoms with Crippen molar-refractivity contribution in [2.45, 2.75) is 19.9 Å². The van der Waals surface area contributed by atoms with E-state index in [4.69, 9.17) is 0 Å². The highest BCUT2D eigenvalue weighted by Crippen LogP contribution is 2.27. The highest BCUT2D eigenvalue weighted by atomic mass is 15.0. The van der Waals surface area contributed by atoms with E-state index in [1.165, 1.54) is 16.3 Å². The molecule has 21 heavy (non-hydrogen) atoms. The van der Waals surface area contributed by atoms with E-state index in [1.807, 2.05) is 19.3 Å². The van der Waals surface area contributed by atoms with Crippen LogP contribution in [0.4, 0.5) is 0 Å². The van der Waals surface area contributed by atoms with Gasteiger partial charge >= 0.3 is 0 Å². The Morgan fingerprint density at radius 1 is 1.00 bits per heavy atom. The van der Waals surface area contributed by atoms with Gasteiger partial charge in [-0.1, -0.05) is 49.4 Å². The van der Waals surface area contributed by atoms with Crippen LogP contribution in [0.15, 0.2) is 54.9 Å². The Balaban J connectivity index is 2.13. The molecule has 106 valence electrons. The number of nitrogens with zero attached hydrogens (tertiary/aromatic N) is 2. The Hall–Kier alpha value is -2.26. The lowest BCUT2D eigenvalue weighted by atomic mass is 9.98. The molecule has 0 saturated heterocycles. The van der Waals surface area contributed by atoms with Crippen molar-refractivity contribution < 1.29 is 0 Å². The Kier molecular flexibility index (Phi) is 3.93. The van der Waals surface area contributed by atoms with E-state index in [9.17, 15) is 0 Å². The van der Waals surface area contributed by atoms with Crippen LogP contribution < -0.4 is 5.32 Å². The summed E-state index contributed by atoms with van der Waals surface area (Å²) in [6, 6.07) is 14.8. The Morgan fingerprint density at radius 3 is 2.48 bits per heavy atom. The fourth-order valence-corrected chi connectivity index (χ4v) is 2.60. The second-order valence-corrected chi connectivity index (χ2v) is 5.18. The molecule has 1 atom stereocenters. The van der Waals surface area contributed by atoms with Crippen molar-refractivity contribution in [3.63, 3.8) is 0 Å². The molecular formula is C18H19N3. The van der Waals surface area contributed by atoms with Gasteiger partial charge in [-0.3, -0.25) is 0 Å².